The van der Waals surface area contributed by atoms with Crippen LogP contribution in [0.3, 0.4) is 0 Å². The van der Waals surface area contributed by atoms with Crippen molar-refractivity contribution >= 4 is 33.8 Å². The van der Waals surface area contributed by atoms with Crippen molar-refractivity contribution in [1.82, 2.24) is 15.0 Å². The molecule has 0 aliphatic carbocycles. The smallest absolute Gasteiger partial charge is 0.0438 e. The molecule has 8 rings (SSSR count). The molecule has 0 unspecified atom stereocenters. The molecule has 4 nitrogen and oxygen atoms in total. The molecule has 0 radical (unpaired) electrons. The summed E-state index contributed by atoms with van der Waals surface area (Å²) in [7, 11) is 0. The molecule has 0 saturated carbocycles. The number of benzene rings is 6. The van der Waals surface area contributed by atoms with Crippen LogP contribution >= 0.6 is 0 Å². The molecule has 5 heteroatoms. The van der Waals surface area contributed by atoms with Gasteiger partial charge in [0.2, 0.25) is 0 Å². The number of rotatable bonds is 5. The standard InChI is InChI=1S/C40H24N4Se/c41-25-26-14-16-27(17-15-26)28-18-20-31(21-19-28)39-42-38(30-10-5-2-6-11-30)43-40(44-39)32-22-23-34-36(24-32)45-35-13-7-12-33(37(34)35)29-8-3-1-4-9-29/h1-24H. The maximum absolute atomic E-state index is 9.14. The molecule has 0 atom stereocenters. The molecule has 0 saturated heterocycles. The zero-order chi connectivity index (χ0) is 30.2. The van der Waals surface area contributed by atoms with Crippen molar-refractivity contribution in [2.45, 2.75) is 0 Å². The second kappa shape index (κ2) is 11.4. The summed E-state index contributed by atoms with van der Waals surface area (Å²) in [6.07, 6.45) is 0. The molecule has 45 heavy (non-hydrogen) atoms. The molecule has 6 aromatic carbocycles. The molecule has 2 aromatic heterocycles. The van der Waals surface area contributed by atoms with Gasteiger partial charge in [0, 0.05) is 0 Å². The summed E-state index contributed by atoms with van der Waals surface area (Å²) in [5.41, 5.74) is 8.13. The third-order valence-electron chi connectivity index (χ3n) is 8.00. The van der Waals surface area contributed by atoms with E-state index in [2.05, 4.69) is 97.1 Å². The zero-order valence-electron chi connectivity index (χ0n) is 24.1. The quantitative estimate of drug-likeness (QED) is 0.176. The van der Waals surface area contributed by atoms with E-state index in [0.717, 1.165) is 27.8 Å². The van der Waals surface area contributed by atoms with E-state index in [1.54, 1.807) is 0 Å². The van der Waals surface area contributed by atoms with Gasteiger partial charge in [-0.25, -0.2) is 0 Å². The molecule has 0 N–H and O–H groups in total. The van der Waals surface area contributed by atoms with Crippen molar-refractivity contribution in [2.75, 3.05) is 0 Å². The van der Waals surface area contributed by atoms with Crippen LogP contribution in [0.25, 0.3) is 75.7 Å². The second-order valence-corrected chi connectivity index (χ2v) is 13.1. The van der Waals surface area contributed by atoms with Crippen LogP contribution in [0.5, 0.6) is 0 Å². The minimum absolute atomic E-state index is 0.185. The molecule has 0 spiro atoms. The van der Waals surface area contributed by atoms with Crippen LogP contribution in [0.15, 0.2) is 146 Å². The second-order valence-electron chi connectivity index (χ2n) is 10.8. The first-order valence-corrected chi connectivity index (χ1v) is 16.4. The summed E-state index contributed by atoms with van der Waals surface area (Å²) in [4.78, 5) is 14.9. The van der Waals surface area contributed by atoms with Gasteiger partial charge in [-0.15, -0.1) is 0 Å². The molecule has 0 aliphatic rings. The normalized spacial score (nSPS) is 11.1. The molecule has 2 heterocycles. The Hall–Kier alpha value is -5.66. The summed E-state index contributed by atoms with van der Waals surface area (Å²) in [5.74, 6) is 1.94. The van der Waals surface area contributed by atoms with Gasteiger partial charge in [0.15, 0.2) is 0 Å². The van der Waals surface area contributed by atoms with Crippen LogP contribution in [0.2, 0.25) is 0 Å². The third-order valence-corrected chi connectivity index (χ3v) is 10.3. The number of hydrogen-bond donors (Lipinski definition) is 0. The van der Waals surface area contributed by atoms with E-state index in [1.165, 1.54) is 30.4 Å². The van der Waals surface area contributed by atoms with Gasteiger partial charge in [0.25, 0.3) is 0 Å². The van der Waals surface area contributed by atoms with E-state index in [-0.39, 0.29) is 14.5 Å². The Morgan fingerprint density at radius 2 is 0.978 bits per heavy atom. The van der Waals surface area contributed by atoms with E-state index in [4.69, 9.17) is 20.2 Å². The Morgan fingerprint density at radius 3 is 1.62 bits per heavy atom. The molecule has 210 valence electrons. The van der Waals surface area contributed by atoms with E-state index in [9.17, 15) is 0 Å². The number of nitrogens with zero attached hydrogens (tertiary/aromatic N) is 4. The van der Waals surface area contributed by atoms with Gasteiger partial charge in [-0.1, -0.05) is 0 Å². The molecule has 0 amide bonds. The summed E-state index contributed by atoms with van der Waals surface area (Å²) in [5, 5.41) is 11.8. The predicted octanol–water partition coefficient (Wildman–Crippen LogP) is 9.44. The monoisotopic (exact) mass is 640 g/mol. The summed E-state index contributed by atoms with van der Waals surface area (Å²) in [6.45, 7) is 0. The number of hydrogen-bond acceptors (Lipinski definition) is 4. The van der Waals surface area contributed by atoms with E-state index in [1.807, 2.05) is 54.6 Å². The summed E-state index contributed by atoms with van der Waals surface area (Å²) < 4.78 is 2.74. The molecule has 8 aromatic rings. The zero-order valence-corrected chi connectivity index (χ0v) is 25.8. The van der Waals surface area contributed by atoms with Gasteiger partial charge in [0.1, 0.15) is 0 Å². The third kappa shape index (κ3) is 5.13. The van der Waals surface area contributed by atoms with Gasteiger partial charge in [-0.3, -0.25) is 0 Å². The van der Waals surface area contributed by atoms with Crippen molar-refractivity contribution in [3.63, 3.8) is 0 Å². The SMILES string of the molecule is N#Cc1ccc(-c2ccc(-c3nc(-c4ccccc4)nc(-c4ccc5c(c4)[se]c4cccc(-c6ccccc6)c45)n3)cc2)cc1. The topological polar surface area (TPSA) is 62.5 Å². The fraction of sp³-hybridized carbons (Fsp3) is 0. The average molecular weight is 640 g/mol. The molecule has 0 aliphatic heterocycles. The van der Waals surface area contributed by atoms with Gasteiger partial charge in [-0.2, -0.15) is 5.26 Å². The van der Waals surface area contributed by atoms with Crippen molar-refractivity contribution in [2.24, 2.45) is 0 Å². The maximum atomic E-state index is 9.14. The van der Waals surface area contributed by atoms with E-state index >= 15 is 0 Å². The number of nitriles is 1. The first kappa shape index (κ1) is 26.9. The van der Waals surface area contributed by atoms with Crippen molar-refractivity contribution in [3.05, 3.63) is 151 Å². The Kier molecular flexibility index (Phi) is 6.85. The van der Waals surface area contributed by atoms with Crippen LogP contribution in [0.4, 0.5) is 0 Å². The van der Waals surface area contributed by atoms with Crippen LogP contribution in [-0.4, -0.2) is 29.5 Å². The van der Waals surface area contributed by atoms with Gasteiger partial charge in [-0.05, 0) is 12.1 Å². The molecular formula is C40H24N4Se. The minimum Gasteiger partial charge on any atom is -0.0438 e. The van der Waals surface area contributed by atoms with Crippen LogP contribution < -0.4 is 0 Å². The Labute approximate surface area is 266 Å². The number of fused-ring (bicyclic) bond motifs is 3. The first-order valence-electron chi connectivity index (χ1n) is 14.7. The molecule has 0 fully saturated rings. The van der Waals surface area contributed by atoms with Crippen LogP contribution in [0.1, 0.15) is 5.56 Å². The van der Waals surface area contributed by atoms with Crippen molar-refractivity contribution < 1.29 is 0 Å². The van der Waals surface area contributed by atoms with Gasteiger partial charge < -0.3 is 0 Å². The fourth-order valence-electron chi connectivity index (χ4n) is 5.72. The predicted molar refractivity (Wildman–Crippen MR) is 184 cm³/mol. The Balaban J connectivity index is 1.23. The average Bonchev–Trinajstić information content (AvgIpc) is 3.50. The first-order chi connectivity index (χ1) is 22.2. The molecular weight excluding hydrogens is 615 g/mol. The Bertz CT molecular complexity index is 2350. The minimum atomic E-state index is 0.185. The van der Waals surface area contributed by atoms with Crippen LogP contribution in [-0.2, 0) is 0 Å². The Morgan fingerprint density at radius 1 is 0.444 bits per heavy atom. The summed E-state index contributed by atoms with van der Waals surface area (Å²) >= 11 is 0.185. The van der Waals surface area contributed by atoms with E-state index in [0.29, 0.717) is 23.0 Å². The van der Waals surface area contributed by atoms with Crippen molar-refractivity contribution in [3.8, 4) is 62.5 Å². The summed E-state index contributed by atoms with van der Waals surface area (Å²) in [6, 6.07) is 52.1. The number of aromatic nitrogens is 3. The van der Waals surface area contributed by atoms with Crippen molar-refractivity contribution in [1.29, 1.82) is 5.26 Å². The fourth-order valence-corrected chi connectivity index (χ4v) is 8.18. The van der Waals surface area contributed by atoms with Crippen LogP contribution in [0, 0.1) is 11.3 Å². The molecule has 0 bridgehead atoms. The van der Waals surface area contributed by atoms with Gasteiger partial charge >= 0.3 is 239 Å². The van der Waals surface area contributed by atoms with E-state index < -0.39 is 0 Å². The van der Waals surface area contributed by atoms with Gasteiger partial charge in [0.05, 0.1) is 11.6 Å².